The lowest BCUT2D eigenvalue weighted by molar-refractivity contribution is -0.123. The maximum absolute atomic E-state index is 11.8. The van der Waals surface area contributed by atoms with Crippen LogP contribution in [0.3, 0.4) is 0 Å². The Morgan fingerprint density at radius 2 is 1.91 bits per heavy atom. The van der Waals surface area contributed by atoms with Crippen LogP contribution in [0.2, 0.25) is 0 Å². The van der Waals surface area contributed by atoms with E-state index in [9.17, 15) is 4.79 Å². The zero-order chi connectivity index (χ0) is 23.6. The lowest BCUT2D eigenvalue weighted by Crippen LogP contribution is -2.51. The SMILES string of the molecule is COc1ccc(-n2ccnc2CN2CC[C@@H](c3ccccc3)[C@@H](NC(C)=O)C2)cc1.O=CO. The highest BCUT2D eigenvalue weighted by atomic mass is 16.5. The summed E-state index contributed by atoms with van der Waals surface area (Å²) < 4.78 is 7.37. The first-order valence-electron chi connectivity index (χ1n) is 10.8. The largest absolute Gasteiger partial charge is 0.497 e. The fraction of sp³-hybridized carbons (Fsp3) is 0.320. The molecule has 2 aromatic carbocycles. The molecule has 2 N–H and O–H groups in total. The number of nitrogens with zero attached hydrogens (tertiary/aromatic N) is 3. The van der Waals surface area contributed by atoms with Gasteiger partial charge >= 0.3 is 0 Å². The Hall–Kier alpha value is -3.65. The number of carbonyl (C=O) groups is 2. The van der Waals surface area contributed by atoms with Gasteiger partial charge in [-0.2, -0.15) is 0 Å². The van der Waals surface area contributed by atoms with Gasteiger partial charge < -0.3 is 19.7 Å². The van der Waals surface area contributed by atoms with Gasteiger partial charge in [0.25, 0.3) is 6.47 Å². The van der Waals surface area contributed by atoms with Gasteiger partial charge in [0.05, 0.1) is 13.7 Å². The number of rotatable bonds is 6. The molecule has 1 aliphatic rings. The molecule has 0 spiro atoms. The summed E-state index contributed by atoms with van der Waals surface area (Å²) in [5.74, 6) is 2.16. The van der Waals surface area contributed by atoms with Crippen molar-refractivity contribution in [2.75, 3.05) is 20.2 Å². The lowest BCUT2D eigenvalue weighted by Gasteiger charge is -2.39. The molecule has 3 aromatic rings. The molecule has 33 heavy (non-hydrogen) atoms. The van der Waals surface area contributed by atoms with E-state index in [1.807, 2.05) is 42.7 Å². The summed E-state index contributed by atoms with van der Waals surface area (Å²) in [7, 11) is 1.67. The van der Waals surface area contributed by atoms with Gasteiger partial charge in [-0.25, -0.2) is 4.98 Å². The Morgan fingerprint density at radius 1 is 1.21 bits per heavy atom. The molecule has 8 heteroatoms. The van der Waals surface area contributed by atoms with E-state index in [4.69, 9.17) is 14.6 Å². The topological polar surface area (TPSA) is 96.7 Å². The van der Waals surface area contributed by atoms with Crippen molar-refractivity contribution in [2.45, 2.75) is 31.8 Å². The van der Waals surface area contributed by atoms with E-state index in [2.05, 4.69) is 44.0 Å². The number of carboxylic acid groups (broad SMARTS) is 1. The van der Waals surface area contributed by atoms with Crippen molar-refractivity contribution < 1.29 is 19.4 Å². The van der Waals surface area contributed by atoms with Crippen LogP contribution >= 0.6 is 0 Å². The molecule has 1 aliphatic heterocycles. The number of hydrogen-bond donors (Lipinski definition) is 2. The van der Waals surface area contributed by atoms with Crippen molar-refractivity contribution in [1.29, 1.82) is 0 Å². The molecular weight excluding hydrogens is 420 g/mol. The average Bonchev–Trinajstić information content (AvgIpc) is 3.28. The van der Waals surface area contributed by atoms with Crippen LogP contribution in [-0.4, -0.2) is 58.2 Å². The standard InChI is InChI=1S/C24H28N4O2.CH2O2/c1-18(29)26-23-16-27(14-12-22(23)19-6-4-3-5-7-19)17-24-25-13-15-28(24)20-8-10-21(30-2)11-9-20;2-1-3/h3-11,13,15,22-23H,12,14,16-17H2,1-2H3,(H,26,29);1H,(H,2,3)/t22-,23-;/m0./s1. The number of aromatic nitrogens is 2. The highest BCUT2D eigenvalue weighted by Gasteiger charge is 2.31. The molecule has 1 saturated heterocycles. The zero-order valence-electron chi connectivity index (χ0n) is 18.9. The second-order valence-electron chi connectivity index (χ2n) is 7.86. The summed E-state index contributed by atoms with van der Waals surface area (Å²) in [4.78, 5) is 27.2. The molecule has 1 aromatic heterocycles. The molecule has 4 rings (SSSR count). The van der Waals surface area contributed by atoms with Crippen LogP contribution in [0.4, 0.5) is 0 Å². The molecule has 8 nitrogen and oxygen atoms in total. The second kappa shape index (κ2) is 11.8. The fourth-order valence-electron chi connectivity index (χ4n) is 4.30. The molecule has 0 aliphatic carbocycles. The maximum atomic E-state index is 11.8. The number of imidazole rings is 1. The van der Waals surface area contributed by atoms with E-state index < -0.39 is 0 Å². The van der Waals surface area contributed by atoms with Crippen molar-refractivity contribution in [2.24, 2.45) is 0 Å². The highest BCUT2D eigenvalue weighted by molar-refractivity contribution is 5.73. The van der Waals surface area contributed by atoms with Crippen molar-refractivity contribution in [3.05, 3.63) is 78.4 Å². The van der Waals surface area contributed by atoms with Crippen molar-refractivity contribution in [1.82, 2.24) is 19.8 Å². The molecule has 2 atom stereocenters. The number of piperidine rings is 1. The van der Waals surface area contributed by atoms with Crippen LogP contribution in [0.5, 0.6) is 5.75 Å². The molecule has 0 radical (unpaired) electrons. The van der Waals surface area contributed by atoms with Crippen LogP contribution in [0.15, 0.2) is 67.0 Å². The van der Waals surface area contributed by atoms with Gasteiger partial charge in [0.2, 0.25) is 5.91 Å². The number of benzene rings is 2. The number of likely N-dealkylation sites (tertiary alicyclic amines) is 1. The minimum absolute atomic E-state index is 0.0162. The molecule has 1 fully saturated rings. The van der Waals surface area contributed by atoms with Gasteiger partial charge in [-0.3, -0.25) is 14.5 Å². The van der Waals surface area contributed by atoms with Crippen LogP contribution in [-0.2, 0) is 16.1 Å². The highest BCUT2D eigenvalue weighted by Crippen LogP contribution is 2.29. The Bertz CT molecular complexity index is 1020. The minimum Gasteiger partial charge on any atom is -0.497 e. The van der Waals surface area contributed by atoms with Crippen molar-refractivity contribution in [3.63, 3.8) is 0 Å². The first-order chi connectivity index (χ1) is 16.0. The summed E-state index contributed by atoms with van der Waals surface area (Å²) in [6.07, 6.45) is 4.82. The molecule has 0 saturated carbocycles. The van der Waals surface area contributed by atoms with E-state index in [1.54, 1.807) is 14.0 Å². The van der Waals surface area contributed by atoms with Gasteiger partial charge in [0.1, 0.15) is 11.6 Å². The normalized spacial score (nSPS) is 18.0. The van der Waals surface area contributed by atoms with E-state index >= 15 is 0 Å². The monoisotopic (exact) mass is 450 g/mol. The number of methoxy groups -OCH3 is 1. The van der Waals surface area contributed by atoms with Gasteiger partial charge in [0, 0.05) is 43.5 Å². The first-order valence-corrected chi connectivity index (χ1v) is 10.8. The van der Waals surface area contributed by atoms with Crippen LogP contribution < -0.4 is 10.1 Å². The predicted octanol–water partition coefficient (Wildman–Crippen LogP) is 3.08. The van der Waals surface area contributed by atoms with Gasteiger partial charge in [-0.05, 0) is 42.8 Å². The molecule has 2 heterocycles. The Labute approximate surface area is 193 Å². The third-order valence-electron chi connectivity index (χ3n) is 5.75. The second-order valence-corrected chi connectivity index (χ2v) is 7.86. The number of amides is 1. The van der Waals surface area contributed by atoms with Crippen molar-refractivity contribution in [3.8, 4) is 11.4 Å². The summed E-state index contributed by atoms with van der Waals surface area (Å²) in [6, 6.07) is 18.5. The number of ether oxygens (including phenoxy) is 1. The van der Waals surface area contributed by atoms with Crippen molar-refractivity contribution >= 4 is 12.4 Å². The van der Waals surface area contributed by atoms with Crippen LogP contribution in [0.25, 0.3) is 5.69 Å². The number of hydrogen-bond acceptors (Lipinski definition) is 5. The Balaban J connectivity index is 0.000000968. The van der Waals surface area contributed by atoms with E-state index in [-0.39, 0.29) is 18.4 Å². The van der Waals surface area contributed by atoms with Gasteiger partial charge in [-0.1, -0.05) is 30.3 Å². The molecule has 174 valence electrons. The molecule has 1 amide bonds. The van der Waals surface area contributed by atoms with E-state index in [0.29, 0.717) is 5.92 Å². The van der Waals surface area contributed by atoms with E-state index in [0.717, 1.165) is 43.3 Å². The third-order valence-corrected chi connectivity index (χ3v) is 5.75. The minimum atomic E-state index is -0.250. The molecule has 0 unspecified atom stereocenters. The molecule has 0 bridgehead atoms. The smallest absolute Gasteiger partial charge is 0.290 e. The quantitative estimate of drug-likeness (QED) is 0.561. The molecular formula is C25H30N4O4. The Kier molecular flexibility index (Phi) is 8.60. The number of nitrogens with one attached hydrogen (secondary N) is 1. The fourth-order valence-corrected chi connectivity index (χ4v) is 4.30. The average molecular weight is 451 g/mol. The lowest BCUT2D eigenvalue weighted by atomic mass is 9.85. The summed E-state index contributed by atoms with van der Waals surface area (Å²) in [5, 5.41) is 10.1. The third kappa shape index (κ3) is 6.43. The Morgan fingerprint density at radius 3 is 2.55 bits per heavy atom. The first kappa shape index (κ1) is 24.0. The predicted molar refractivity (Wildman–Crippen MR) is 125 cm³/mol. The summed E-state index contributed by atoms with van der Waals surface area (Å²) >= 11 is 0. The summed E-state index contributed by atoms with van der Waals surface area (Å²) in [6.45, 7) is 3.84. The number of carbonyl (C=O) groups excluding carboxylic acids is 1. The van der Waals surface area contributed by atoms with Gasteiger partial charge in [-0.15, -0.1) is 0 Å². The van der Waals surface area contributed by atoms with E-state index in [1.165, 1.54) is 5.56 Å². The summed E-state index contributed by atoms with van der Waals surface area (Å²) in [5.41, 5.74) is 2.34. The van der Waals surface area contributed by atoms with Crippen LogP contribution in [0, 0.1) is 0 Å². The maximum Gasteiger partial charge on any atom is 0.290 e. The van der Waals surface area contributed by atoms with Crippen LogP contribution in [0.1, 0.15) is 30.7 Å². The zero-order valence-corrected chi connectivity index (χ0v) is 18.9. The van der Waals surface area contributed by atoms with Gasteiger partial charge in [0.15, 0.2) is 0 Å².